The molecule has 0 heterocycles. The van der Waals surface area contributed by atoms with Gasteiger partial charge >= 0.3 is 11.9 Å². The SMILES string of the molecule is CC(=O)O[C@H]1[CH][C@H]2C[C@@H]1[C@H](OC(=O)c1ccc([N+](=O)[O-])cc1)C2. The standard InChI is InChI=1S/C16H16NO6/c1-9(18)22-14-7-10-6-13(14)15(8-10)23-16(19)11-2-4-12(5-3-11)17(20)21/h2-5,7,10,13-15H,6,8H2,1H3/t10-,13+,14+,15-/m1/s1. The van der Waals surface area contributed by atoms with E-state index in [2.05, 4.69) is 0 Å². The van der Waals surface area contributed by atoms with Crippen LogP contribution in [0.3, 0.4) is 0 Å². The van der Waals surface area contributed by atoms with Crippen LogP contribution >= 0.6 is 0 Å². The van der Waals surface area contributed by atoms with Crippen molar-refractivity contribution in [1.82, 2.24) is 0 Å². The van der Waals surface area contributed by atoms with Crippen LogP contribution in [0.15, 0.2) is 24.3 Å². The first-order valence-electron chi connectivity index (χ1n) is 7.41. The van der Waals surface area contributed by atoms with Crippen LogP contribution in [0.25, 0.3) is 0 Å². The number of carbonyl (C=O) groups is 2. The lowest BCUT2D eigenvalue weighted by atomic mass is 9.94. The first-order valence-corrected chi connectivity index (χ1v) is 7.41. The Bertz CT molecular complexity index is 640. The number of carbonyl (C=O) groups excluding carboxylic acids is 2. The van der Waals surface area contributed by atoms with Gasteiger partial charge in [-0.3, -0.25) is 14.9 Å². The van der Waals surface area contributed by atoms with Crippen molar-refractivity contribution < 1.29 is 24.0 Å². The molecule has 121 valence electrons. The van der Waals surface area contributed by atoms with Crippen molar-refractivity contribution >= 4 is 17.6 Å². The molecule has 2 aliphatic rings. The van der Waals surface area contributed by atoms with E-state index in [1.807, 2.05) is 6.42 Å². The van der Waals surface area contributed by atoms with Crippen LogP contribution in [0.2, 0.25) is 0 Å². The number of nitrogens with zero attached hydrogens (tertiary/aromatic N) is 1. The van der Waals surface area contributed by atoms with Gasteiger partial charge < -0.3 is 9.47 Å². The average molecular weight is 318 g/mol. The summed E-state index contributed by atoms with van der Waals surface area (Å²) in [5.41, 5.74) is 0.192. The average Bonchev–Trinajstić information content (AvgIpc) is 3.06. The summed E-state index contributed by atoms with van der Waals surface area (Å²) >= 11 is 0. The number of fused-ring (bicyclic) bond motifs is 2. The molecule has 0 unspecified atom stereocenters. The van der Waals surface area contributed by atoms with Gasteiger partial charge in [-0.25, -0.2) is 4.79 Å². The predicted octanol–water partition coefficient (Wildman–Crippen LogP) is 2.30. The Hall–Kier alpha value is -2.44. The molecule has 1 radical (unpaired) electrons. The minimum absolute atomic E-state index is 0.00843. The largest absolute Gasteiger partial charge is 0.462 e. The fourth-order valence-corrected chi connectivity index (χ4v) is 3.36. The van der Waals surface area contributed by atoms with E-state index < -0.39 is 10.9 Å². The van der Waals surface area contributed by atoms with Crippen molar-refractivity contribution in [3.8, 4) is 0 Å². The van der Waals surface area contributed by atoms with Gasteiger partial charge in [-0.1, -0.05) is 0 Å². The third kappa shape index (κ3) is 3.18. The van der Waals surface area contributed by atoms with E-state index in [1.165, 1.54) is 31.2 Å². The van der Waals surface area contributed by atoms with Gasteiger partial charge in [0.05, 0.1) is 10.5 Å². The van der Waals surface area contributed by atoms with Crippen molar-refractivity contribution in [3.63, 3.8) is 0 Å². The minimum atomic E-state index is -0.523. The van der Waals surface area contributed by atoms with Crippen LogP contribution in [0.5, 0.6) is 0 Å². The number of hydrogen-bond donors (Lipinski definition) is 0. The van der Waals surface area contributed by atoms with Gasteiger partial charge in [0, 0.05) is 31.4 Å². The van der Waals surface area contributed by atoms with Crippen LogP contribution in [-0.4, -0.2) is 29.1 Å². The Balaban J connectivity index is 1.64. The fourth-order valence-electron chi connectivity index (χ4n) is 3.36. The molecule has 0 amide bonds. The highest BCUT2D eigenvalue weighted by Crippen LogP contribution is 2.47. The highest BCUT2D eigenvalue weighted by atomic mass is 16.6. The second-order valence-corrected chi connectivity index (χ2v) is 5.91. The molecule has 2 bridgehead atoms. The maximum absolute atomic E-state index is 12.2. The normalized spacial score (nSPS) is 28.4. The quantitative estimate of drug-likeness (QED) is 0.480. The van der Waals surface area contributed by atoms with Crippen molar-refractivity contribution in [2.75, 3.05) is 0 Å². The monoisotopic (exact) mass is 318 g/mol. The number of non-ortho nitro benzene ring substituents is 1. The fraction of sp³-hybridized carbons (Fsp3) is 0.438. The first-order chi connectivity index (χ1) is 10.9. The van der Waals surface area contributed by atoms with Gasteiger partial charge in [0.2, 0.25) is 0 Å². The lowest BCUT2D eigenvalue weighted by Gasteiger charge is -2.28. The zero-order valence-corrected chi connectivity index (χ0v) is 12.5. The highest BCUT2D eigenvalue weighted by molar-refractivity contribution is 5.89. The Morgan fingerprint density at radius 3 is 2.43 bits per heavy atom. The second kappa shape index (κ2) is 5.98. The van der Waals surface area contributed by atoms with E-state index in [0.717, 1.165) is 12.8 Å². The molecule has 0 spiro atoms. The Labute approximate surface area is 132 Å². The maximum atomic E-state index is 12.2. The lowest BCUT2D eigenvalue weighted by Crippen LogP contribution is -2.35. The second-order valence-electron chi connectivity index (χ2n) is 5.91. The van der Waals surface area contributed by atoms with Crippen LogP contribution in [0.1, 0.15) is 30.1 Å². The molecular weight excluding hydrogens is 302 g/mol. The van der Waals surface area contributed by atoms with E-state index >= 15 is 0 Å². The first kappa shape index (κ1) is 15.5. The molecule has 7 heteroatoms. The van der Waals surface area contributed by atoms with Gasteiger partial charge in [-0.2, -0.15) is 0 Å². The molecule has 0 saturated heterocycles. The molecule has 1 aromatic rings. The van der Waals surface area contributed by atoms with Gasteiger partial charge in [0.1, 0.15) is 12.2 Å². The molecule has 7 nitrogen and oxygen atoms in total. The maximum Gasteiger partial charge on any atom is 0.338 e. The summed E-state index contributed by atoms with van der Waals surface area (Å²) in [5.74, 6) is -0.580. The molecule has 0 aromatic heterocycles. The van der Waals surface area contributed by atoms with Gasteiger partial charge in [0.25, 0.3) is 5.69 Å². The number of ether oxygens (including phenoxy) is 2. The van der Waals surface area contributed by atoms with E-state index in [1.54, 1.807) is 0 Å². The number of nitro groups is 1. The van der Waals surface area contributed by atoms with Gasteiger partial charge in [-0.05, 0) is 30.9 Å². The molecule has 23 heavy (non-hydrogen) atoms. The van der Waals surface area contributed by atoms with Crippen LogP contribution in [0.4, 0.5) is 5.69 Å². The summed E-state index contributed by atoms with van der Waals surface area (Å²) < 4.78 is 10.8. The summed E-state index contributed by atoms with van der Waals surface area (Å²) in [6.45, 7) is 1.36. The smallest absolute Gasteiger partial charge is 0.338 e. The number of esters is 2. The van der Waals surface area contributed by atoms with E-state index in [-0.39, 0.29) is 35.3 Å². The molecule has 0 aliphatic heterocycles. The van der Waals surface area contributed by atoms with Crippen molar-refractivity contribution in [2.24, 2.45) is 11.8 Å². The number of hydrogen-bond acceptors (Lipinski definition) is 6. The van der Waals surface area contributed by atoms with Crippen LogP contribution < -0.4 is 0 Å². The molecular formula is C16H16NO6. The number of rotatable bonds is 4. The van der Waals surface area contributed by atoms with Gasteiger partial charge in [-0.15, -0.1) is 0 Å². The molecule has 4 atom stereocenters. The number of nitro benzene ring substituents is 1. The Kier molecular flexibility index (Phi) is 4.02. The van der Waals surface area contributed by atoms with Crippen LogP contribution in [0, 0.1) is 28.4 Å². The zero-order chi connectivity index (χ0) is 16.6. The summed E-state index contributed by atoms with van der Waals surface area (Å²) in [6.07, 6.45) is 2.97. The lowest BCUT2D eigenvalue weighted by molar-refractivity contribution is -0.384. The van der Waals surface area contributed by atoms with Crippen LogP contribution in [-0.2, 0) is 14.3 Å². The third-order valence-electron chi connectivity index (χ3n) is 4.35. The zero-order valence-electron chi connectivity index (χ0n) is 12.5. The predicted molar refractivity (Wildman–Crippen MR) is 78.4 cm³/mol. The van der Waals surface area contributed by atoms with E-state index in [9.17, 15) is 19.7 Å². The molecule has 1 aromatic carbocycles. The Morgan fingerprint density at radius 2 is 1.87 bits per heavy atom. The van der Waals surface area contributed by atoms with Gasteiger partial charge in [0.15, 0.2) is 0 Å². The third-order valence-corrected chi connectivity index (χ3v) is 4.35. The minimum Gasteiger partial charge on any atom is -0.462 e. The molecule has 3 rings (SSSR count). The van der Waals surface area contributed by atoms with E-state index in [0.29, 0.717) is 5.92 Å². The molecule has 2 aliphatic carbocycles. The van der Waals surface area contributed by atoms with Crippen molar-refractivity contribution in [2.45, 2.75) is 32.0 Å². The molecule has 0 N–H and O–H groups in total. The molecule has 2 saturated carbocycles. The van der Waals surface area contributed by atoms with E-state index in [4.69, 9.17) is 9.47 Å². The number of benzene rings is 1. The summed E-state index contributed by atoms with van der Waals surface area (Å²) in [4.78, 5) is 33.4. The summed E-state index contributed by atoms with van der Waals surface area (Å²) in [6, 6.07) is 5.30. The Morgan fingerprint density at radius 1 is 1.17 bits per heavy atom. The molecule has 2 fully saturated rings. The summed E-state index contributed by atoms with van der Waals surface area (Å²) in [5, 5.41) is 10.6. The summed E-state index contributed by atoms with van der Waals surface area (Å²) in [7, 11) is 0. The van der Waals surface area contributed by atoms with Crippen molar-refractivity contribution in [1.29, 1.82) is 0 Å². The topological polar surface area (TPSA) is 95.7 Å². The highest BCUT2D eigenvalue weighted by Gasteiger charge is 2.50. The van der Waals surface area contributed by atoms with Crippen molar-refractivity contribution in [3.05, 3.63) is 46.4 Å².